The summed E-state index contributed by atoms with van der Waals surface area (Å²) in [5, 5.41) is 0. The number of allylic oxidation sites excluding steroid dienone is 1. The van der Waals surface area contributed by atoms with Gasteiger partial charge in [-0.1, -0.05) is 131 Å². The molecule has 0 spiro atoms. The van der Waals surface area contributed by atoms with E-state index in [4.69, 9.17) is 0 Å². The molecule has 7 aromatic carbocycles. The predicted molar refractivity (Wildman–Crippen MR) is 247 cm³/mol. The average molecular weight is 753 g/mol. The van der Waals surface area contributed by atoms with E-state index >= 15 is 0 Å². The Bertz CT molecular complexity index is 2760. The summed E-state index contributed by atoms with van der Waals surface area (Å²) in [6, 6.07) is 56.7. The highest BCUT2D eigenvalue weighted by molar-refractivity contribution is 6.09. The minimum Gasteiger partial charge on any atom is -0.310 e. The fourth-order valence-electron chi connectivity index (χ4n) is 9.97. The van der Waals surface area contributed by atoms with E-state index in [1.807, 2.05) is 0 Å². The molecule has 0 saturated carbocycles. The molecule has 3 aliphatic rings. The zero-order valence-corrected chi connectivity index (χ0v) is 35.1. The summed E-state index contributed by atoms with van der Waals surface area (Å²) in [6.45, 7) is 18.8. The monoisotopic (exact) mass is 752 g/mol. The van der Waals surface area contributed by atoms with Crippen LogP contribution in [0.4, 0.5) is 34.1 Å². The van der Waals surface area contributed by atoms with Gasteiger partial charge in [-0.25, -0.2) is 0 Å². The van der Waals surface area contributed by atoms with E-state index in [0.29, 0.717) is 0 Å². The lowest BCUT2D eigenvalue weighted by atomic mass is 9.69. The topological polar surface area (TPSA) is 6.48 Å². The van der Waals surface area contributed by atoms with E-state index in [9.17, 15) is 0 Å². The lowest BCUT2D eigenvalue weighted by Gasteiger charge is -2.35. The first-order valence-electron chi connectivity index (χ1n) is 20.9. The van der Waals surface area contributed by atoms with Gasteiger partial charge in [0, 0.05) is 40.0 Å². The summed E-state index contributed by atoms with van der Waals surface area (Å²) in [7, 11) is 0. The minimum atomic E-state index is -0.0593. The van der Waals surface area contributed by atoms with Gasteiger partial charge in [-0.3, -0.25) is 0 Å². The quantitative estimate of drug-likeness (QED) is 0.167. The van der Waals surface area contributed by atoms with Crippen LogP contribution in [0.2, 0.25) is 0 Å². The van der Waals surface area contributed by atoms with Gasteiger partial charge in [0.25, 0.3) is 0 Å². The van der Waals surface area contributed by atoms with E-state index in [1.165, 1.54) is 89.5 Å². The van der Waals surface area contributed by atoms with Gasteiger partial charge in [-0.15, -0.1) is 0 Å². The van der Waals surface area contributed by atoms with Crippen LogP contribution in [0.25, 0.3) is 27.8 Å². The van der Waals surface area contributed by atoms with Crippen LogP contribution in [0.15, 0.2) is 157 Å². The van der Waals surface area contributed by atoms with Crippen molar-refractivity contribution in [2.24, 2.45) is 5.41 Å². The summed E-state index contributed by atoms with van der Waals surface area (Å²) in [4.78, 5) is 4.84. The zero-order valence-electron chi connectivity index (χ0n) is 35.1. The Morgan fingerprint density at radius 2 is 0.914 bits per heavy atom. The Kier molecular flexibility index (Phi) is 8.26. The van der Waals surface area contributed by atoms with Gasteiger partial charge in [0.15, 0.2) is 0 Å². The maximum atomic E-state index is 2.58. The maximum absolute atomic E-state index is 2.58. The molecule has 0 amide bonds. The average Bonchev–Trinajstić information content (AvgIpc) is 3.71. The van der Waals surface area contributed by atoms with E-state index in [0.717, 1.165) is 17.8 Å². The normalized spacial score (nSPS) is 14.9. The molecule has 0 heterocycles. The number of hydrogen-bond donors (Lipinski definition) is 0. The molecule has 1 atom stereocenters. The molecule has 0 saturated heterocycles. The number of aryl methyl sites for hydroxylation is 2. The highest BCUT2D eigenvalue weighted by Crippen LogP contribution is 2.65. The number of nitrogens with zero attached hydrogens (tertiary/aromatic N) is 2. The van der Waals surface area contributed by atoms with Crippen LogP contribution >= 0.6 is 0 Å². The second-order valence-corrected chi connectivity index (χ2v) is 18.8. The van der Waals surface area contributed by atoms with Gasteiger partial charge < -0.3 is 9.80 Å². The number of hydrogen-bond acceptors (Lipinski definition) is 2. The summed E-state index contributed by atoms with van der Waals surface area (Å²) in [6.07, 6.45) is 1.01. The Morgan fingerprint density at radius 1 is 0.431 bits per heavy atom. The first-order chi connectivity index (χ1) is 27.9. The standard InChI is InChI=1S/C56H52N2/c1-35-19-23-39(24-20-35)57(37-15-11-9-12-16-37)41-27-29-43-45(31-41)47-33-49(55(3,4)5)52-44-30-28-42(58(38-17-13-10-14-18-38)40-25-21-36(2)22-26-40)32-46(44)48-34-50(56(6,7)8)51(43)53(47)54(48)52/h9-33,48H,34H2,1-8H3. The largest absolute Gasteiger partial charge is 0.310 e. The van der Waals surface area contributed by atoms with Gasteiger partial charge in [-0.2, -0.15) is 0 Å². The van der Waals surface area contributed by atoms with E-state index in [2.05, 4.69) is 217 Å². The number of anilines is 6. The molecule has 10 rings (SSSR count). The van der Waals surface area contributed by atoms with Crippen molar-refractivity contribution in [2.75, 3.05) is 9.80 Å². The highest BCUT2D eigenvalue weighted by Gasteiger charge is 2.46. The number of para-hydroxylation sites is 2. The summed E-state index contributed by atoms with van der Waals surface area (Å²) < 4.78 is 0. The van der Waals surface area contributed by atoms with E-state index in [-0.39, 0.29) is 16.7 Å². The molecule has 3 aliphatic carbocycles. The van der Waals surface area contributed by atoms with Crippen LogP contribution in [0.5, 0.6) is 0 Å². The number of benzene rings is 7. The van der Waals surface area contributed by atoms with Crippen LogP contribution in [0.1, 0.15) is 92.8 Å². The van der Waals surface area contributed by atoms with Gasteiger partial charge in [0.05, 0.1) is 0 Å². The Balaban J connectivity index is 1.20. The smallest absolute Gasteiger partial charge is 0.0468 e. The molecular weight excluding hydrogens is 701 g/mol. The third kappa shape index (κ3) is 5.76. The van der Waals surface area contributed by atoms with Crippen molar-refractivity contribution in [1.82, 2.24) is 0 Å². The van der Waals surface area contributed by atoms with Gasteiger partial charge in [-0.05, 0) is 166 Å². The molecule has 1 unspecified atom stereocenters. The van der Waals surface area contributed by atoms with Gasteiger partial charge in [0.2, 0.25) is 0 Å². The molecule has 286 valence electrons. The second kappa shape index (κ2) is 13.2. The maximum Gasteiger partial charge on any atom is 0.0468 e. The lowest BCUT2D eigenvalue weighted by molar-refractivity contribution is 0.474. The Labute approximate surface area is 345 Å². The van der Waals surface area contributed by atoms with Crippen LogP contribution in [-0.4, -0.2) is 0 Å². The minimum absolute atomic E-state index is 0.0102. The van der Waals surface area contributed by atoms with Gasteiger partial charge in [0.1, 0.15) is 0 Å². The molecule has 0 radical (unpaired) electrons. The van der Waals surface area contributed by atoms with Crippen molar-refractivity contribution in [3.8, 4) is 22.3 Å². The molecule has 2 nitrogen and oxygen atoms in total. The van der Waals surface area contributed by atoms with Crippen LogP contribution in [-0.2, 0) is 5.41 Å². The summed E-state index contributed by atoms with van der Waals surface area (Å²) >= 11 is 0. The van der Waals surface area contributed by atoms with Crippen molar-refractivity contribution >= 4 is 39.7 Å². The summed E-state index contributed by atoms with van der Waals surface area (Å²) in [5.74, 6) is 0.275. The third-order valence-corrected chi connectivity index (χ3v) is 12.8. The molecular formula is C56H52N2. The molecule has 0 N–H and O–H groups in total. The molecule has 0 aliphatic heterocycles. The Morgan fingerprint density at radius 3 is 1.43 bits per heavy atom. The van der Waals surface area contributed by atoms with Gasteiger partial charge >= 0.3 is 0 Å². The number of rotatable bonds is 6. The second-order valence-electron chi connectivity index (χ2n) is 18.8. The van der Waals surface area contributed by atoms with Crippen molar-refractivity contribution in [3.05, 3.63) is 196 Å². The fourth-order valence-corrected chi connectivity index (χ4v) is 9.97. The molecule has 0 aromatic heterocycles. The molecule has 7 aromatic rings. The number of fused-ring (bicyclic) bond motifs is 6. The molecule has 2 heteroatoms. The fraction of sp³-hybridized carbons (Fsp3) is 0.214. The van der Waals surface area contributed by atoms with Crippen molar-refractivity contribution in [2.45, 2.75) is 73.1 Å². The molecule has 0 fully saturated rings. The molecule has 58 heavy (non-hydrogen) atoms. The van der Waals surface area contributed by atoms with Crippen molar-refractivity contribution in [1.29, 1.82) is 0 Å². The van der Waals surface area contributed by atoms with Crippen LogP contribution in [0.3, 0.4) is 0 Å². The van der Waals surface area contributed by atoms with Crippen molar-refractivity contribution in [3.63, 3.8) is 0 Å². The first-order valence-corrected chi connectivity index (χ1v) is 20.9. The SMILES string of the molecule is Cc1ccc(N(c2ccccc2)c2ccc3c(c2)-c2cc(C(C)(C)C)c4c5c2C3=C(C(C)(C)C)CC5c2cc(N(c3ccccc3)c3ccc(C)cc3)ccc2-4)cc1. The lowest BCUT2D eigenvalue weighted by Crippen LogP contribution is -2.20. The zero-order chi connectivity index (χ0) is 40.1. The van der Waals surface area contributed by atoms with Crippen LogP contribution in [0, 0.1) is 19.3 Å². The van der Waals surface area contributed by atoms with E-state index < -0.39 is 0 Å². The van der Waals surface area contributed by atoms with Crippen molar-refractivity contribution < 1.29 is 0 Å². The third-order valence-electron chi connectivity index (χ3n) is 12.8. The first kappa shape index (κ1) is 36.2. The van der Waals surface area contributed by atoms with Crippen LogP contribution < -0.4 is 9.80 Å². The highest BCUT2D eigenvalue weighted by atomic mass is 15.1. The Hall–Kier alpha value is -6.12. The summed E-state index contributed by atoms with van der Waals surface area (Å²) in [5.41, 5.74) is 25.4. The molecule has 0 bridgehead atoms. The van der Waals surface area contributed by atoms with E-state index in [1.54, 1.807) is 5.57 Å². The predicted octanol–water partition coefficient (Wildman–Crippen LogP) is 15.9.